The van der Waals surface area contributed by atoms with Gasteiger partial charge in [0.1, 0.15) is 5.60 Å². The van der Waals surface area contributed by atoms with Crippen LogP contribution in [0.3, 0.4) is 0 Å². The van der Waals surface area contributed by atoms with Crippen molar-refractivity contribution in [2.45, 2.75) is 77.7 Å². The highest BCUT2D eigenvalue weighted by Crippen LogP contribution is 2.47. The van der Waals surface area contributed by atoms with Gasteiger partial charge in [0.15, 0.2) is 0 Å². The van der Waals surface area contributed by atoms with Crippen molar-refractivity contribution < 1.29 is 14.3 Å². The van der Waals surface area contributed by atoms with E-state index in [1.54, 1.807) is 0 Å². The Bertz CT molecular complexity index is 901. The number of amides is 1. The van der Waals surface area contributed by atoms with Gasteiger partial charge in [0.25, 0.3) is 0 Å². The topological polar surface area (TPSA) is 72.6 Å². The first-order valence-electron chi connectivity index (χ1n) is 11.8. The zero-order valence-electron chi connectivity index (χ0n) is 19.9. The standard InChI is InChI=1S/C26H37BrN2O3/c1-26(2,3)32-23(30)8-6-5-7-13-29(4)16-17-9-10-19-18(14-17)15-21-20(25(28)31)11-12-22(27)24(19)21/h11-12,17H,5-10,13-16H2,1-4H3,(H2,28,31). The highest BCUT2D eigenvalue weighted by molar-refractivity contribution is 9.10. The molecule has 1 amide bonds. The summed E-state index contributed by atoms with van der Waals surface area (Å²) in [5.74, 6) is 0.211. The lowest BCUT2D eigenvalue weighted by molar-refractivity contribution is -0.154. The first-order valence-corrected chi connectivity index (χ1v) is 12.6. The summed E-state index contributed by atoms with van der Waals surface area (Å²) in [5.41, 5.74) is 11.1. The van der Waals surface area contributed by atoms with Gasteiger partial charge in [-0.1, -0.05) is 27.9 Å². The summed E-state index contributed by atoms with van der Waals surface area (Å²) in [5, 5.41) is 0. The number of allylic oxidation sites excluding steroid dienone is 2. The molecule has 176 valence electrons. The van der Waals surface area contributed by atoms with Crippen molar-refractivity contribution in [3.8, 4) is 0 Å². The number of nitrogens with two attached hydrogens (primary N) is 1. The van der Waals surface area contributed by atoms with Crippen LogP contribution in [0.15, 0.2) is 22.2 Å². The van der Waals surface area contributed by atoms with Crippen LogP contribution in [0.2, 0.25) is 0 Å². The number of hydrogen-bond donors (Lipinski definition) is 1. The first kappa shape index (κ1) is 25.0. The molecule has 2 N–H and O–H groups in total. The minimum Gasteiger partial charge on any atom is -0.460 e. The van der Waals surface area contributed by atoms with Crippen LogP contribution < -0.4 is 5.73 Å². The number of halogens is 1. The number of benzene rings is 1. The maximum atomic E-state index is 11.9. The molecule has 1 unspecified atom stereocenters. The molecule has 0 aliphatic heterocycles. The third kappa shape index (κ3) is 6.44. The van der Waals surface area contributed by atoms with Crippen molar-refractivity contribution >= 4 is 33.4 Å². The van der Waals surface area contributed by atoms with Crippen LogP contribution in [-0.4, -0.2) is 42.5 Å². The lowest BCUT2D eigenvalue weighted by atomic mass is 9.83. The SMILES string of the molecule is CN(CCCCCC(=O)OC(C)(C)C)CC1CCC2=C(Cc3c(C(N)=O)ccc(Br)c32)C1. The van der Waals surface area contributed by atoms with E-state index in [0.29, 0.717) is 17.9 Å². The van der Waals surface area contributed by atoms with E-state index in [1.807, 2.05) is 32.9 Å². The van der Waals surface area contributed by atoms with Gasteiger partial charge in [0.05, 0.1) is 0 Å². The van der Waals surface area contributed by atoms with Crippen molar-refractivity contribution in [1.82, 2.24) is 4.90 Å². The van der Waals surface area contributed by atoms with E-state index in [-0.39, 0.29) is 11.9 Å². The van der Waals surface area contributed by atoms with Gasteiger partial charge in [-0.05, 0) is 108 Å². The Morgan fingerprint density at radius 3 is 2.66 bits per heavy atom. The van der Waals surface area contributed by atoms with E-state index in [4.69, 9.17) is 10.5 Å². The van der Waals surface area contributed by atoms with Crippen LogP contribution in [0.25, 0.3) is 5.57 Å². The number of ether oxygens (including phenoxy) is 1. The summed E-state index contributed by atoms with van der Waals surface area (Å²) >= 11 is 3.69. The second-order valence-corrected chi connectivity index (χ2v) is 11.2. The Morgan fingerprint density at radius 2 is 1.97 bits per heavy atom. The lowest BCUT2D eigenvalue weighted by Gasteiger charge is -2.28. The highest BCUT2D eigenvalue weighted by atomic mass is 79.9. The van der Waals surface area contributed by atoms with E-state index in [2.05, 4.69) is 27.9 Å². The summed E-state index contributed by atoms with van der Waals surface area (Å²) in [7, 11) is 2.20. The Balaban J connectivity index is 1.43. The zero-order valence-corrected chi connectivity index (χ0v) is 21.5. The fourth-order valence-corrected chi connectivity index (χ4v) is 5.67. The van der Waals surface area contributed by atoms with Gasteiger partial charge >= 0.3 is 5.97 Å². The molecule has 2 aliphatic carbocycles. The van der Waals surface area contributed by atoms with Crippen molar-refractivity contribution in [2.75, 3.05) is 20.1 Å². The molecule has 0 heterocycles. The molecule has 0 bridgehead atoms. The molecule has 5 nitrogen and oxygen atoms in total. The van der Waals surface area contributed by atoms with Gasteiger partial charge in [0, 0.05) is 23.0 Å². The third-order valence-corrected chi connectivity index (χ3v) is 7.06. The third-order valence-electron chi connectivity index (χ3n) is 6.39. The monoisotopic (exact) mass is 504 g/mol. The van der Waals surface area contributed by atoms with Crippen LogP contribution in [0.5, 0.6) is 0 Å². The molecule has 3 rings (SSSR count). The number of nitrogens with zero attached hydrogens (tertiary/aromatic N) is 1. The number of rotatable bonds is 9. The summed E-state index contributed by atoms with van der Waals surface area (Å²) < 4.78 is 6.44. The minimum atomic E-state index is -0.398. The van der Waals surface area contributed by atoms with Gasteiger partial charge in [0.2, 0.25) is 5.91 Å². The van der Waals surface area contributed by atoms with Crippen LogP contribution in [0, 0.1) is 5.92 Å². The average Bonchev–Trinajstić information content (AvgIpc) is 3.05. The summed E-state index contributed by atoms with van der Waals surface area (Å²) in [6.45, 7) is 7.86. The molecule has 6 heteroatoms. The zero-order chi connectivity index (χ0) is 23.5. The number of primary amides is 1. The van der Waals surface area contributed by atoms with Crippen LogP contribution in [0.4, 0.5) is 0 Å². The first-order chi connectivity index (χ1) is 15.0. The van der Waals surface area contributed by atoms with Crippen molar-refractivity contribution in [3.05, 3.63) is 38.9 Å². The fraction of sp³-hybridized carbons (Fsp3) is 0.615. The van der Waals surface area contributed by atoms with Gasteiger partial charge in [-0.25, -0.2) is 0 Å². The Labute approximate surface area is 200 Å². The summed E-state index contributed by atoms with van der Waals surface area (Å²) in [6, 6.07) is 3.80. The molecule has 32 heavy (non-hydrogen) atoms. The van der Waals surface area contributed by atoms with E-state index < -0.39 is 5.60 Å². The average molecular weight is 505 g/mol. The molecule has 0 saturated carbocycles. The number of fused-ring (bicyclic) bond motifs is 2. The van der Waals surface area contributed by atoms with Gasteiger partial charge in [-0.3, -0.25) is 9.59 Å². The Kier molecular flexibility index (Phi) is 8.21. The van der Waals surface area contributed by atoms with Gasteiger partial charge in [-0.15, -0.1) is 0 Å². The number of carbonyl (C=O) groups excluding carboxylic acids is 2. The normalized spacial score (nSPS) is 18.0. The molecule has 1 aromatic rings. The number of esters is 1. The van der Waals surface area contributed by atoms with Gasteiger partial charge in [-0.2, -0.15) is 0 Å². The van der Waals surface area contributed by atoms with Crippen molar-refractivity contribution in [1.29, 1.82) is 0 Å². The molecule has 1 aromatic carbocycles. The quantitative estimate of drug-likeness (QED) is 0.356. The fourth-order valence-electron chi connectivity index (χ4n) is 5.06. The van der Waals surface area contributed by atoms with E-state index in [0.717, 1.165) is 61.7 Å². The molecular weight excluding hydrogens is 468 g/mol. The summed E-state index contributed by atoms with van der Waals surface area (Å²) in [4.78, 5) is 26.1. The van der Waals surface area contributed by atoms with E-state index >= 15 is 0 Å². The van der Waals surface area contributed by atoms with Gasteiger partial charge < -0.3 is 15.4 Å². The minimum absolute atomic E-state index is 0.0965. The molecule has 0 aromatic heterocycles. The number of hydrogen-bond acceptors (Lipinski definition) is 4. The maximum Gasteiger partial charge on any atom is 0.306 e. The smallest absolute Gasteiger partial charge is 0.306 e. The maximum absolute atomic E-state index is 11.9. The molecule has 0 radical (unpaired) electrons. The number of unbranched alkanes of at least 4 members (excludes halogenated alkanes) is 2. The second-order valence-electron chi connectivity index (χ2n) is 10.3. The molecular formula is C26H37BrN2O3. The molecule has 1 atom stereocenters. The molecule has 2 aliphatic rings. The Morgan fingerprint density at radius 1 is 1.22 bits per heavy atom. The second kappa shape index (κ2) is 10.5. The molecule has 0 spiro atoms. The lowest BCUT2D eigenvalue weighted by Crippen LogP contribution is -2.28. The Hall–Kier alpha value is -1.66. The highest BCUT2D eigenvalue weighted by Gasteiger charge is 2.32. The van der Waals surface area contributed by atoms with E-state index in [9.17, 15) is 9.59 Å². The van der Waals surface area contributed by atoms with E-state index in [1.165, 1.54) is 23.1 Å². The van der Waals surface area contributed by atoms with Crippen molar-refractivity contribution in [3.63, 3.8) is 0 Å². The van der Waals surface area contributed by atoms with Crippen LogP contribution >= 0.6 is 15.9 Å². The number of carbonyl (C=O) groups is 2. The van der Waals surface area contributed by atoms with Crippen LogP contribution in [0.1, 0.15) is 87.2 Å². The summed E-state index contributed by atoms with van der Waals surface area (Å²) in [6.07, 6.45) is 7.72. The predicted molar refractivity (Wildman–Crippen MR) is 132 cm³/mol. The predicted octanol–water partition coefficient (Wildman–Crippen LogP) is 5.49. The molecule has 0 saturated heterocycles. The van der Waals surface area contributed by atoms with Crippen molar-refractivity contribution in [2.24, 2.45) is 11.7 Å². The molecule has 0 fully saturated rings. The largest absolute Gasteiger partial charge is 0.460 e. The van der Waals surface area contributed by atoms with Crippen LogP contribution in [-0.2, 0) is 16.0 Å².